The number of hydrogen-bond acceptors (Lipinski definition) is 2. The molecule has 0 aromatic heterocycles. The molecule has 2 heteroatoms. The molecule has 2 fully saturated rings. The molecule has 2 rings (SSSR count). The average Bonchev–Trinajstić information content (AvgIpc) is 2.56. The maximum atomic E-state index is 5.50. The van der Waals surface area contributed by atoms with Crippen LogP contribution in [0.3, 0.4) is 0 Å². The van der Waals surface area contributed by atoms with Gasteiger partial charge in [0.25, 0.3) is 0 Å². The second-order valence-corrected chi connectivity index (χ2v) is 5.42. The summed E-state index contributed by atoms with van der Waals surface area (Å²) in [6, 6.07) is 0.788. The largest absolute Gasteiger partial charge is 0.381 e. The highest BCUT2D eigenvalue weighted by atomic mass is 16.5. The molecule has 2 unspecified atom stereocenters. The molecule has 0 radical (unpaired) electrons. The van der Waals surface area contributed by atoms with Crippen LogP contribution >= 0.6 is 0 Å². The smallest absolute Gasteiger partial charge is 0.0468 e. The number of rotatable bonds is 3. The van der Waals surface area contributed by atoms with Crippen molar-refractivity contribution in [1.82, 2.24) is 5.32 Å². The lowest BCUT2D eigenvalue weighted by Gasteiger charge is -2.35. The van der Waals surface area contributed by atoms with E-state index in [0.29, 0.717) is 0 Å². The fourth-order valence-electron chi connectivity index (χ4n) is 3.56. The molecule has 94 valence electrons. The van der Waals surface area contributed by atoms with Gasteiger partial charge in [-0.3, -0.25) is 0 Å². The first-order valence-corrected chi connectivity index (χ1v) is 7.23. The van der Waals surface area contributed by atoms with Crippen molar-refractivity contribution >= 4 is 0 Å². The summed E-state index contributed by atoms with van der Waals surface area (Å²) in [5.74, 6) is 1.85. The van der Waals surface area contributed by atoms with E-state index in [9.17, 15) is 0 Å². The van der Waals surface area contributed by atoms with Crippen molar-refractivity contribution in [2.45, 2.75) is 57.9 Å². The van der Waals surface area contributed by atoms with E-state index in [1.807, 2.05) is 0 Å². The van der Waals surface area contributed by atoms with Crippen LogP contribution in [-0.2, 0) is 4.74 Å². The molecular weight excluding hydrogens is 198 g/mol. The Morgan fingerprint density at radius 3 is 2.50 bits per heavy atom. The van der Waals surface area contributed by atoms with Gasteiger partial charge in [-0.1, -0.05) is 26.2 Å². The van der Waals surface area contributed by atoms with Crippen LogP contribution in [0.1, 0.15) is 51.9 Å². The molecule has 0 spiro atoms. The molecule has 0 aromatic carbocycles. The van der Waals surface area contributed by atoms with Crippen molar-refractivity contribution in [2.24, 2.45) is 11.8 Å². The second-order valence-electron chi connectivity index (χ2n) is 5.42. The van der Waals surface area contributed by atoms with Gasteiger partial charge in [-0.25, -0.2) is 0 Å². The Morgan fingerprint density at radius 2 is 1.75 bits per heavy atom. The Balaban J connectivity index is 1.94. The van der Waals surface area contributed by atoms with E-state index in [1.54, 1.807) is 0 Å². The van der Waals surface area contributed by atoms with Gasteiger partial charge in [0.2, 0.25) is 0 Å². The normalized spacial score (nSPS) is 33.6. The summed E-state index contributed by atoms with van der Waals surface area (Å²) < 4.78 is 5.50. The molecular formula is C14H27NO. The third-order valence-corrected chi connectivity index (χ3v) is 4.41. The standard InChI is InChI=1S/C14H27NO/c1-2-15-14-7-5-3-4-6-13(14)12-8-10-16-11-9-12/h12-15H,2-11H2,1H3. The topological polar surface area (TPSA) is 21.3 Å². The summed E-state index contributed by atoms with van der Waals surface area (Å²) in [6.07, 6.45) is 9.76. The summed E-state index contributed by atoms with van der Waals surface area (Å²) >= 11 is 0. The minimum absolute atomic E-state index is 0.788. The molecule has 2 nitrogen and oxygen atoms in total. The average molecular weight is 225 g/mol. The van der Waals surface area contributed by atoms with E-state index in [2.05, 4.69) is 12.2 Å². The number of ether oxygens (including phenoxy) is 1. The highest BCUT2D eigenvalue weighted by molar-refractivity contribution is 4.85. The lowest BCUT2D eigenvalue weighted by molar-refractivity contribution is 0.0372. The maximum Gasteiger partial charge on any atom is 0.0468 e. The molecule has 1 heterocycles. The second kappa shape index (κ2) is 6.61. The van der Waals surface area contributed by atoms with E-state index in [0.717, 1.165) is 37.6 Å². The van der Waals surface area contributed by atoms with Gasteiger partial charge in [-0.05, 0) is 44.1 Å². The summed E-state index contributed by atoms with van der Waals surface area (Å²) in [5.41, 5.74) is 0. The zero-order chi connectivity index (χ0) is 11.2. The predicted octanol–water partition coefficient (Wildman–Crippen LogP) is 2.97. The van der Waals surface area contributed by atoms with E-state index in [1.165, 1.54) is 44.9 Å². The highest BCUT2D eigenvalue weighted by Crippen LogP contribution is 2.34. The molecule has 1 saturated heterocycles. The van der Waals surface area contributed by atoms with Crippen LogP contribution in [0.2, 0.25) is 0 Å². The highest BCUT2D eigenvalue weighted by Gasteiger charge is 2.31. The molecule has 1 aliphatic heterocycles. The molecule has 2 aliphatic rings. The van der Waals surface area contributed by atoms with Gasteiger partial charge in [0.15, 0.2) is 0 Å². The minimum atomic E-state index is 0.788. The van der Waals surface area contributed by atoms with E-state index < -0.39 is 0 Å². The third-order valence-electron chi connectivity index (χ3n) is 4.41. The van der Waals surface area contributed by atoms with Gasteiger partial charge >= 0.3 is 0 Å². The van der Waals surface area contributed by atoms with Crippen molar-refractivity contribution < 1.29 is 4.74 Å². The Labute approximate surface area is 100 Å². The SMILES string of the molecule is CCNC1CCCCCC1C1CCOCC1. The monoisotopic (exact) mass is 225 g/mol. The van der Waals surface area contributed by atoms with Crippen molar-refractivity contribution in [3.05, 3.63) is 0 Å². The number of hydrogen-bond donors (Lipinski definition) is 1. The molecule has 0 amide bonds. The Morgan fingerprint density at radius 1 is 1.00 bits per heavy atom. The van der Waals surface area contributed by atoms with E-state index >= 15 is 0 Å². The van der Waals surface area contributed by atoms with Crippen LogP contribution < -0.4 is 5.32 Å². The van der Waals surface area contributed by atoms with Crippen molar-refractivity contribution in [1.29, 1.82) is 0 Å². The first-order chi connectivity index (χ1) is 7.92. The molecule has 0 bridgehead atoms. The van der Waals surface area contributed by atoms with Gasteiger partial charge in [0, 0.05) is 19.3 Å². The van der Waals surface area contributed by atoms with E-state index in [-0.39, 0.29) is 0 Å². The number of nitrogens with one attached hydrogen (secondary N) is 1. The van der Waals surface area contributed by atoms with Crippen molar-refractivity contribution in [3.63, 3.8) is 0 Å². The van der Waals surface area contributed by atoms with Gasteiger partial charge in [0.05, 0.1) is 0 Å². The molecule has 0 aromatic rings. The van der Waals surface area contributed by atoms with Crippen LogP contribution in [0, 0.1) is 11.8 Å². The van der Waals surface area contributed by atoms with Crippen LogP contribution in [-0.4, -0.2) is 25.8 Å². The van der Waals surface area contributed by atoms with Crippen molar-refractivity contribution in [2.75, 3.05) is 19.8 Å². The summed E-state index contributed by atoms with van der Waals surface area (Å²) in [7, 11) is 0. The van der Waals surface area contributed by atoms with Gasteiger partial charge in [-0.2, -0.15) is 0 Å². The minimum Gasteiger partial charge on any atom is -0.381 e. The molecule has 2 atom stereocenters. The van der Waals surface area contributed by atoms with Crippen LogP contribution in [0.15, 0.2) is 0 Å². The Kier molecular flexibility index (Phi) is 5.11. The fraction of sp³-hybridized carbons (Fsp3) is 1.00. The lowest BCUT2D eigenvalue weighted by atomic mass is 9.78. The Hall–Kier alpha value is -0.0800. The third kappa shape index (κ3) is 3.21. The van der Waals surface area contributed by atoms with Crippen LogP contribution in [0.5, 0.6) is 0 Å². The van der Waals surface area contributed by atoms with Crippen LogP contribution in [0.25, 0.3) is 0 Å². The first kappa shape index (κ1) is 12.4. The summed E-state index contributed by atoms with van der Waals surface area (Å²) in [5, 5.41) is 3.73. The quantitative estimate of drug-likeness (QED) is 0.746. The van der Waals surface area contributed by atoms with E-state index in [4.69, 9.17) is 4.74 Å². The summed E-state index contributed by atoms with van der Waals surface area (Å²) in [6.45, 7) is 5.37. The molecule has 1 aliphatic carbocycles. The van der Waals surface area contributed by atoms with Gasteiger partial charge < -0.3 is 10.1 Å². The molecule has 1 saturated carbocycles. The maximum absolute atomic E-state index is 5.50. The first-order valence-electron chi connectivity index (χ1n) is 7.23. The Bertz CT molecular complexity index is 189. The summed E-state index contributed by atoms with van der Waals surface area (Å²) in [4.78, 5) is 0. The van der Waals surface area contributed by atoms with Crippen molar-refractivity contribution in [3.8, 4) is 0 Å². The molecule has 16 heavy (non-hydrogen) atoms. The van der Waals surface area contributed by atoms with Gasteiger partial charge in [-0.15, -0.1) is 0 Å². The van der Waals surface area contributed by atoms with Gasteiger partial charge in [0.1, 0.15) is 0 Å². The molecule has 1 N–H and O–H groups in total. The predicted molar refractivity (Wildman–Crippen MR) is 67.6 cm³/mol. The zero-order valence-corrected chi connectivity index (χ0v) is 10.7. The zero-order valence-electron chi connectivity index (χ0n) is 10.7. The lowest BCUT2D eigenvalue weighted by Crippen LogP contribution is -2.40. The van der Waals surface area contributed by atoms with Crippen LogP contribution in [0.4, 0.5) is 0 Å². The fourth-order valence-corrected chi connectivity index (χ4v) is 3.56.